The van der Waals surface area contributed by atoms with Gasteiger partial charge < -0.3 is 9.47 Å². The fourth-order valence-electron chi connectivity index (χ4n) is 1.86. The fraction of sp³-hybridized carbons (Fsp3) is 0.538. The van der Waals surface area contributed by atoms with Gasteiger partial charge in [-0.3, -0.25) is 5.84 Å². The average Bonchev–Trinajstić information content (AvgIpc) is 2.30. The van der Waals surface area contributed by atoms with Crippen LogP contribution in [-0.2, 0) is 4.74 Å². The maximum Gasteiger partial charge on any atom is 0.123 e. The molecular formula is C13H22N2O2. The Balaban J connectivity index is 3.23. The number of nitrogens with one attached hydrogen (secondary N) is 1. The second kappa shape index (κ2) is 5.49. The van der Waals surface area contributed by atoms with Crippen molar-refractivity contribution in [3.63, 3.8) is 0 Å². The maximum absolute atomic E-state index is 5.65. The summed E-state index contributed by atoms with van der Waals surface area (Å²) in [5, 5.41) is 0. The lowest BCUT2D eigenvalue weighted by Gasteiger charge is -2.33. The van der Waals surface area contributed by atoms with Crippen LogP contribution < -0.4 is 16.0 Å². The minimum absolute atomic E-state index is 0.137. The van der Waals surface area contributed by atoms with Crippen molar-refractivity contribution in [1.82, 2.24) is 5.43 Å². The highest BCUT2D eigenvalue weighted by Gasteiger charge is 2.32. The van der Waals surface area contributed by atoms with E-state index in [1.54, 1.807) is 14.2 Å². The number of benzene rings is 1. The van der Waals surface area contributed by atoms with Crippen LogP contribution in [0.1, 0.15) is 31.0 Å². The first-order chi connectivity index (χ1) is 7.96. The number of rotatable bonds is 5. The fourth-order valence-corrected chi connectivity index (χ4v) is 1.86. The summed E-state index contributed by atoms with van der Waals surface area (Å²) in [6.45, 7) is 6.01. The molecule has 0 spiro atoms. The van der Waals surface area contributed by atoms with Crippen molar-refractivity contribution in [2.75, 3.05) is 14.2 Å². The number of hydrazine groups is 1. The molecule has 0 fully saturated rings. The summed E-state index contributed by atoms with van der Waals surface area (Å²) in [5.41, 5.74) is 4.55. The van der Waals surface area contributed by atoms with Gasteiger partial charge in [0.2, 0.25) is 0 Å². The summed E-state index contributed by atoms with van der Waals surface area (Å²) >= 11 is 0. The third-order valence-electron chi connectivity index (χ3n) is 3.08. The molecule has 1 unspecified atom stereocenters. The second-order valence-electron chi connectivity index (χ2n) is 4.65. The van der Waals surface area contributed by atoms with E-state index in [-0.39, 0.29) is 6.04 Å². The predicted molar refractivity (Wildman–Crippen MR) is 68.9 cm³/mol. The quantitative estimate of drug-likeness (QED) is 0.608. The smallest absolute Gasteiger partial charge is 0.123 e. The van der Waals surface area contributed by atoms with E-state index in [9.17, 15) is 0 Å². The van der Waals surface area contributed by atoms with Gasteiger partial charge in [-0.15, -0.1) is 0 Å². The summed E-state index contributed by atoms with van der Waals surface area (Å²) in [6, 6.07) is 5.88. The van der Waals surface area contributed by atoms with Crippen molar-refractivity contribution in [3.05, 3.63) is 29.3 Å². The Morgan fingerprint density at radius 1 is 1.29 bits per heavy atom. The lowest BCUT2D eigenvalue weighted by molar-refractivity contribution is -0.0117. The van der Waals surface area contributed by atoms with Crippen LogP contribution in [0.15, 0.2) is 18.2 Å². The molecule has 4 nitrogen and oxygen atoms in total. The van der Waals surface area contributed by atoms with Gasteiger partial charge in [0.05, 0.1) is 18.8 Å². The number of hydrogen-bond acceptors (Lipinski definition) is 4. The Morgan fingerprint density at radius 2 is 1.94 bits per heavy atom. The minimum atomic E-state index is -0.421. The Bertz CT molecular complexity index is 378. The summed E-state index contributed by atoms with van der Waals surface area (Å²) in [4.78, 5) is 0. The number of aryl methyl sites for hydroxylation is 1. The lowest BCUT2D eigenvalue weighted by atomic mass is 9.90. The van der Waals surface area contributed by atoms with Gasteiger partial charge in [-0.25, -0.2) is 5.43 Å². The number of methoxy groups -OCH3 is 2. The highest BCUT2D eigenvalue weighted by Crippen LogP contribution is 2.34. The van der Waals surface area contributed by atoms with Crippen molar-refractivity contribution in [2.24, 2.45) is 5.84 Å². The van der Waals surface area contributed by atoms with Crippen molar-refractivity contribution in [3.8, 4) is 5.75 Å². The molecule has 0 aliphatic rings. The van der Waals surface area contributed by atoms with Crippen LogP contribution in [-0.4, -0.2) is 19.8 Å². The van der Waals surface area contributed by atoms with E-state index in [2.05, 4.69) is 11.5 Å². The lowest BCUT2D eigenvalue weighted by Crippen LogP contribution is -2.44. The zero-order valence-corrected chi connectivity index (χ0v) is 11.2. The van der Waals surface area contributed by atoms with Crippen LogP contribution in [0.2, 0.25) is 0 Å². The molecule has 0 aliphatic heterocycles. The molecule has 0 heterocycles. The van der Waals surface area contributed by atoms with E-state index in [4.69, 9.17) is 15.3 Å². The number of hydrogen-bond donors (Lipinski definition) is 2. The van der Waals surface area contributed by atoms with Gasteiger partial charge in [-0.1, -0.05) is 17.7 Å². The number of nitrogens with two attached hydrogens (primary N) is 1. The van der Waals surface area contributed by atoms with Crippen LogP contribution in [0, 0.1) is 6.92 Å². The Kier molecular flexibility index (Phi) is 4.51. The van der Waals surface area contributed by atoms with E-state index in [1.807, 2.05) is 32.9 Å². The van der Waals surface area contributed by atoms with Gasteiger partial charge >= 0.3 is 0 Å². The van der Waals surface area contributed by atoms with Crippen LogP contribution in [0.4, 0.5) is 0 Å². The molecule has 1 aromatic carbocycles. The van der Waals surface area contributed by atoms with E-state index in [0.717, 1.165) is 16.9 Å². The molecule has 1 atom stereocenters. The molecule has 3 N–H and O–H groups in total. The second-order valence-corrected chi connectivity index (χ2v) is 4.65. The Morgan fingerprint density at radius 3 is 2.41 bits per heavy atom. The van der Waals surface area contributed by atoms with Gasteiger partial charge in [0.1, 0.15) is 5.75 Å². The molecule has 0 radical (unpaired) electrons. The Labute approximate surface area is 103 Å². The van der Waals surface area contributed by atoms with E-state index < -0.39 is 5.60 Å². The van der Waals surface area contributed by atoms with Gasteiger partial charge in [-0.2, -0.15) is 0 Å². The number of ether oxygens (including phenoxy) is 2. The summed E-state index contributed by atoms with van der Waals surface area (Å²) < 4.78 is 10.9. The van der Waals surface area contributed by atoms with Crippen LogP contribution >= 0.6 is 0 Å². The van der Waals surface area contributed by atoms with Crippen LogP contribution in [0.25, 0.3) is 0 Å². The van der Waals surface area contributed by atoms with Crippen LogP contribution in [0.5, 0.6) is 5.75 Å². The molecule has 0 aromatic heterocycles. The van der Waals surface area contributed by atoms with E-state index >= 15 is 0 Å². The van der Waals surface area contributed by atoms with Crippen molar-refractivity contribution in [2.45, 2.75) is 32.4 Å². The SMILES string of the molecule is COc1ccc(C)cc1C(NN)C(C)(C)OC. The van der Waals surface area contributed by atoms with Gasteiger partial charge in [0, 0.05) is 12.7 Å². The third-order valence-corrected chi connectivity index (χ3v) is 3.08. The molecule has 96 valence electrons. The van der Waals surface area contributed by atoms with E-state index in [1.165, 1.54) is 0 Å². The summed E-state index contributed by atoms with van der Waals surface area (Å²) in [7, 11) is 3.33. The molecule has 0 saturated heterocycles. The monoisotopic (exact) mass is 238 g/mol. The molecular weight excluding hydrogens is 216 g/mol. The maximum atomic E-state index is 5.65. The Hall–Kier alpha value is -1.10. The van der Waals surface area contributed by atoms with Gasteiger partial charge in [0.25, 0.3) is 0 Å². The largest absolute Gasteiger partial charge is 0.496 e. The molecule has 4 heteroatoms. The van der Waals surface area contributed by atoms with Gasteiger partial charge in [0.15, 0.2) is 0 Å². The van der Waals surface area contributed by atoms with Crippen molar-refractivity contribution < 1.29 is 9.47 Å². The molecule has 1 rings (SSSR count). The molecule has 0 saturated carbocycles. The summed E-state index contributed by atoms with van der Waals surface area (Å²) in [6.07, 6.45) is 0. The van der Waals surface area contributed by atoms with Crippen molar-refractivity contribution >= 4 is 0 Å². The highest BCUT2D eigenvalue weighted by molar-refractivity contribution is 5.40. The molecule has 0 aliphatic carbocycles. The third kappa shape index (κ3) is 2.97. The van der Waals surface area contributed by atoms with Gasteiger partial charge in [-0.05, 0) is 26.8 Å². The van der Waals surface area contributed by atoms with Crippen LogP contribution in [0.3, 0.4) is 0 Å². The molecule has 17 heavy (non-hydrogen) atoms. The topological polar surface area (TPSA) is 56.5 Å². The minimum Gasteiger partial charge on any atom is -0.496 e. The average molecular weight is 238 g/mol. The van der Waals surface area contributed by atoms with Crippen molar-refractivity contribution in [1.29, 1.82) is 0 Å². The normalized spacial score (nSPS) is 13.5. The standard InChI is InChI=1S/C13H22N2O2/c1-9-6-7-11(16-4)10(8-9)12(15-14)13(2,3)17-5/h6-8,12,15H,14H2,1-5H3. The predicted octanol–water partition coefficient (Wildman–Crippen LogP) is 1.93. The molecule has 0 amide bonds. The molecule has 0 bridgehead atoms. The first-order valence-corrected chi connectivity index (χ1v) is 5.62. The highest BCUT2D eigenvalue weighted by atomic mass is 16.5. The first kappa shape index (κ1) is 14.0. The van der Waals surface area contributed by atoms with E-state index in [0.29, 0.717) is 0 Å². The zero-order valence-electron chi connectivity index (χ0n) is 11.2. The summed E-state index contributed by atoms with van der Waals surface area (Å²) in [5.74, 6) is 6.46. The first-order valence-electron chi connectivity index (χ1n) is 5.62. The zero-order chi connectivity index (χ0) is 13.1. The molecule has 1 aromatic rings.